The molecule has 0 aromatic carbocycles. The van der Waals surface area contributed by atoms with Crippen LogP contribution in [0, 0.1) is 0 Å². The molecule has 82 heavy (non-hydrogen) atoms. The predicted octanol–water partition coefficient (Wildman–Crippen LogP) is 6.88. The van der Waals surface area contributed by atoms with Crippen LogP contribution in [-0.4, -0.2) is 193 Å². The number of nitrogens with one attached hydrogen (secondary N) is 1. The third kappa shape index (κ3) is 29.1. The molecule has 3 rings (SSSR count). The van der Waals surface area contributed by atoms with Gasteiger partial charge in [-0.25, -0.2) is 0 Å². The molecule has 0 aliphatic carbocycles. The van der Waals surface area contributed by atoms with Crippen molar-refractivity contribution in [2.75, 3.05) is 26.4 Å². The predicted molar refractivity (Wildman–Crippen MR) is 314 cm³/mol. The smallest absolute Gasteiger partial charge is 0.220 e. The van der Waals surface area contributed by atoms with Crippen LogP contribution in [0.3, 0.4) is 0 Å². The van der Waals surface area contributed by atoms with Crippen molar-refractivity contribution in [1.29, 1.82) is 0 Å². The molecule has 17 atom stereocenters. The monoisotopic (exact) mass is 1170 g/mol. The number of amides is 1. The van der Waals surface area contributed by atoms with Gasteiger partial charge in [-0.1, -0.05) is 204 Å². The topological polar surface area (TPSA) is 307 Å². The molecule has 17 unspecified atom stereocenters. The maximum Gasteiger partial charge on any atom is 0.220 e. The van der Waals surface area contributed by atoms with Crippen LogP contribution in [0.4, 0.5) is 0 Å². The van der Waals surface area contributed by atoms with Crippen LogP contribution in [0.15, 0.2) is 36.5 Å². The third-order valence-corrected chi connectivity index (χ3v) is 16.2. The van der Waals surface area contributed by atoms with Gasteiger partial charge in [-0.2, -0.15) is 0 Å². The molecule has 12 N–H and O–H groups in total. The second kappa shape index (κ2) is 46.2. The Morgan fingerprint density at radius 1 is 0.439 bits per heavy atom. The minimum Gasteiger partial charge on any atom is -0.394 e. The summed E-state index contributed by atoms with van der Waals surface area (Å²) in [6.07, 6.45) is 23.7. The minimum absolute atomic E-state index is 0.248. The normalized spacial score (nSPS) is 29.8. The number of aliphatic hydroxyl groups excluding tert-OH is 11. The van der Waals surface area contributed by atoms with Gasteiger partial charge in [-0.3, -0.25) is 4.79 Å². The van der Waals surface area contributed by atoms with Gasteiger partial charge in [0.2, 0.25) is 5.91 Å². The van der Waals surface area contributed by atoms with E-state index in [1.807, 2.05) is 0 Å². The Kier molecular flexibility index (Phi) is 41.8. The van der Waals surface area contributed by atoms with Crippen molar-refractivity contribution in [1.82, 2.24) is 5.32 Å². The van der Waals surface area contributed by atoms with Crippen LogP contribution in [0.1, 0.15) is 226 Å². The van der Waals surface area contributed by atoms with Crippen molar-refractivity contribution in [3.05, 3.63) is 36.5 Å². The fourth-order valence-electron chi connectivity index (χ4n) is 10.9. The molecule has 19 heteroatoms. The summed E-state index contributed by atoms with van der Waals surface area (Å²) >= 11 is 0. The SMILES string of the molecule is CCCCCCC/C=C\C/C=C\C/C=C\CCCCCCCCCCCCC(=O)NC(COC1OC(CO)C(OC2OC(CO)C(OC3OC(CO)C(O)C(O)C3O)C(O)C2O)C(O)C1O)C(O)CCCCCCCCCCCCCC. The summed E-state index contributed by atoms with van der Waals surface area (Å²) in [6, 6.07) is -0.888. The van der Waals surface area contributed by atoms with Crippen molar-refractivity contribution in [2.45, 2.75) is 330 Å². The number of ether oxygens (including phenoxy) is 6. The highest BCUT2D eigenvalue weighted by Crippen LogP contribution is 2.33. The molecule has 0 radical (unpaired) electrons. The highest BCUT2D eigenvalue weighted by Gasteiger charge is 2.53. The maximum absolute atomic E-state index is 13.4. The Labute approximate surface area is 491 Å². The van der Waals surface area contributed by atoms with E-state index in [1.165, 1.54) is 128 Å². The molecule has 0 bridgehead atoms. The average molecular weight is 1170 g/mol. The van der Waals surface area contributed by atoms with Gasteiger partial charge in [0.1, 0.15) is 73.2 Å². The Balaban J connectivity index is 1.43. The van der Waals surface area contributed by atoms with Crippen LogP contribution < -0.4 is 5.32 Å². The van der Waals surface area contributed by atoms with Crippen LogP contribution in [0.2, 0.25) is 0 Å². The van der Waals surface area contributed by atoms with E-state index in [-0.39, 0.29) is 18.9 Å². The van der Waals surface area contributed by atoms with Gasteiger partial charge < -0.3 is 89.9 Å². The molecule has 1 amide bonds. The van der Waals surface area contributed by atoms with Gasteiger partial charge in [0, 0.05) is 6.42 Å². The fourth-order valence-corrected chi connectivity index (χ4v) is 10.9. The summed E-state index contributed by atoms with van der Waals surface area (Å²) in [5.74, 6) is -0.248. The Morgan fingerprint density at radius 2 is 0.805 bits per heavy atom. The molecule has 0 aromatic rings. The summed E-state index contributed by atoms with van der Waals surface area (Å²) < 4.78 is 34.3. The van der Waals surface area contributed by atoms with Gasteiger partial charge in [0.05, 0.1) is 38.6 Å². The summed E-state index contributed by atoms with van der Waals surface area (Å²) in [7, 11) is 0. The number of rotatable bonds is 48. The minimum atomic E-state index is -1.97. The first kappa shape index (κ1) is 74.3. The van der Waals surface area contributed by atoms with Crippen LogP contribution >= 0.6 is 0 Å². The standard InChI is InChI=1S/C63H115NO18/c1-3-5-7-9-11-13-15-17-18-19-20-21-22-23-24-25-26-27-28-29-31-33-35-37-39-41-51(69)64-46(47(68)40-38-36-34-32-30-16-14-12-10-8-6-4-2)45-77-61-57(75)54(72)59(49(43-66)79-61)82-63-58(76)55(73)60(50(44-67)80-63)81-62-56(74)53(71)52(70)48(42-65)78-62/h15,17,19-20,22-23,46-50,52-63,65-68,70-76H,3-14,16,18,21,24-45H2,1-2H3,(H,64,69)/b17-15-,20-19-,23-22-. The van der Waals surface area contributed by atoms with E-state index in [4.69, 9.17) is 28.4 Å². The molecular formula is C63H115NO18. The van der Waals surface area contributed by atoms with Crippen molar-refractivity contribution in [2.24, 2.45) is 0 Å². The number of allylic oxidation sites excluding steroid dienone is 6. The molecule has 3 saturated heterocycles. The first-order valence-electron chi connectivity index (χ1n) is 32.2. The average Bonchev–Trinajstić information content (AvgIpc) is 3.59. The number of hydrogen-bond donors (Lipinski definition) is 12. The molecular weight excluding hydrogens is 1060 g/mol. The Morgan fingerprint density at radius 3 is 1.26 bits per heavy atom. The van der Waals surface area contributed by atoms with Gasteiger partial charge in [-0.05, 0) is 51.4 Å². The lowest BCUT2D eigenvalue weighted by molar-refractivity contribution is -0.379. The number of carbonyl (C=O) groups excluding carboxylic acids is 1. The van der Waals surface area contributed by atoms with E-state index in [9.17, 15) is 61.0 Å². The van der Waals surface area contributed by atoms with E-state index in [1.54, 1.807) is 0 Å². The molecule has 480 valence electrons. The summed E-state index contributed by atoms with van der Waals surface area (Å²) in [6.45, 7) is 1.77. The van der Waals surface area contributed by atoms with Crippen molar-refractivity contribution < 1.29 is 89.4 Å². The van der Waals surface area contributed by atoms with Gasteiger partial charge in [-0.15, -0.1) is 0 Å². The highest BCUT2D eigenvalue weighted by molar-refractivity contribution is 5.76. The first-order valence-corrected chi connectivity index (χ1v) is 32.2. The molecule has 3 aliphatic rings. The van der Waals surface area contributed by atoms with Crippen molar-refractivity contribution >= 4 is 5.91 Å². The molecule has 3 aliphatic heterocycles. The van der Waals surface area contributed by atoms with E-state index < -0.39 is 124 Å². The molecule has 3 heterocycles. The van der Waals surface area contributed by atoms with Gasteiger partial charge in [0.25, 0.3) is 0 Å². The second-order valence-electron chi connectivity index (χ2n) is 23.2. The number of hydrogen-bond acceptors (Lipinski definition) is 18. The Hall–Kier alpha value is -1.99. The number of carbonyl (C=O) groups is 1. The van der Waals surface area contributed by atoms with Crippen molar-refractivity contribution in [3.63, 3.8) is 0 Å². The molecule has 3 fully saturated rings. The number of aliphatic hydroxyl groups is 11. The third-order valence-electron chi connectivity index (χ3n) is 16.2. The fraction of sp³-hybridized carbons (Fsp3) is 0.889. The molecule has 19 nitrogen and oxygen atoms in total. The lowest BCUT2D eigenvalue weighted by Crippen LogP contribution is -2.66. The zero-order valence-corrected chi connectivity index (χ0v) is 50.2. The lowest BCUT2D eigenvalue weighted by Gasteiger charge is -2.48. The lowest BCUT2D eigenvalue weighted by atomic mass is 9.96. The largest absolute Gasteiger partial charge is 0.394 e. The first-order chi connectivity index (χ1) is 39.8. The quantitative estimate of drug-likeness (QED) is 0.0218. The molecule has 0 spiro atoms. The summed E-state index contributed by atoms with van der Waals surface area (Å²) in [5, 5.41) is 120. The van der Waals surface area contributed by atoms with Crippen LogP contribution in [0.25, 0.3) is 0 Å². The van der Waals surface area contributed by atoms with Crippen molar-refractivity contribution in [3.8, 4) is 0 Å². The number of unbranched alkanes of at least 4 members (excludes halogenated alkanes) is 26. The summed E-state index contributed by atoms with van der Waals surface area (Å²) in [5.41, 5.74) is 0. The van der Waals surface area contributed by atoms with E-state index in [0.29, 0.717) is 12.8 Å². The highest BCUT2D eigenvalue weighted by atomic mass is 16.8. The van der Waals surface area contributed by atoms with Crippen LogP contribution in [0.5, 0.6) is 0 Å². The second-order valence-corrected chi connectivity index (χ2v) is 23.2. The Bertz CT molecular complexity index is 1640. The zero-order chi connectivity index (χ0) is 59.7. The molecule has 0 saturated carbocycles. The maximum atomic E-state index is 13.4. The van der Waals surface area contributed by atoms with E-state index >= 15 is 0 Å². The van der Waals surface area contributed by atoms with E-state index in [2.05, 4.69) is 55.6 Å². The zero-order valence-electron chi connectivity index (χ0n) is 50.2. The van der Waals surface area contributed by atoms with Gasteiger partial charge in [0.15, 0.2) is 18.9 Å². The van der Waals surface area contributed by atoms with Gasteiger partial charge >= 0.3 is 0 Å². The summed E-state index contributed by atoms with van der Waals surface area (Å²) in [4.78, 5) is 13.4. The molecule has 0 aromatic heterocycles. The van der Waals surface area contributed by atoms with E-state index in [0.717, 1.165) is 64.2 Å². The van der Waals surface area contributed by atoms with Crippen LogP contribution in [-0.2, 0) is 33.2 Å².